The quantitative estimate of drug-likeness (QED) is 0.868. The Hall–Kier alpha value is -0.450. The van der Waals surface area contributed by atoms with Crippen LogP contribution in [0.25, 0.3) is 0 Å². The van der Waals surface area contributed by atoms with Crippen LogP contribution in [-0.4, -0.2) is 0 Å². The first-order valence-corrected chi connectivity index (χ1v) is 5.88. The highest BCUT2D eigenvalue weighted by Gasteiger charge is 2.36. The summed E-state index contributed by atoms with van der Waals surface area (Å²) in [4.78, 5) is 0. The first-order valence-electron chi connectivity index (χ1n) is 5.50. The maximum Gasteiger partial charge on any atom is 0.416 e. The molecule has 1 fully saturated rings. The van der Waals surface area contributed by atoms with Crippen LogP contribution in [0.5, 0.6) is 0 Å². The van der Waals surface area contributed by atoms with E-state index < -0.39 is 17.8 Å². The van der Waals surface area contributed by atoms with Crippen LogP contribution in [0.4, 0.5) is 13.2 Å². The van der Waals surface area contributed by atoms with Crippen molar-refractivity contribution >= 4 is 24.0 Å². The molecule has 0 amide bonds. The van der Waals surface area contributed by atoms with Gasteiger partial charge in [-0.2, -0.15) is 13.2 Å². The highest BCUT2D eigenvalue weighted by Crippen LogP contribution is 2.41. The molecule has 1 aromatic rings. The Morgan fingerprint density at radius 1 is 1.33 bits per heavy atom. The van der Waals surface area contributed by atoms with E-state index >= 15 is 0 Å². The second-order valence-electron chi connectivity index (χ2n) is 4.51. The van der Waals surface area contributed by atoms with E-state index in [-0.39, 0.29) is 23.0 Å². The minimum atomic E-state index is -4.40. The van der Waals surface area contributed by atoms with Crippen LogP contribution < -0.4 is 5.73 Å². The molecule has 1 saturated carbocycles. The van der Waals surface area contributed by atoms with E-state index in [9.17, 15) is 13.2 Å². The number of hydrogen-bond acceptors (Lipinski definition) is 1. The zero-order valence-corrected chi connectivity index (χ0v) is 11.1. The predicted molar refractivity (Wildman–Crippen MR) is 68.0 cm³/mol. The normalized spacial score (nSPS) is 17.2. The highest BCUT2D eigenvalue weighted by atomic mass is 35.5. The standard InChI is InChI=1S/C12H13ClF3N.ClH/c13-8-3-4-9(10(6-8)12(14,15)16)11(17)5-7-1-2-7;/h3-4,6-7,11H,1-2,5,17H2;1H/t11-;/m1./s1. The lowest BCUT2D eigenvalue weighted by molar-refractivity contribution is -0.138. The van der Waals surface area contributed by atoms with Crippen LogP contribution in [0.2, 0.25) is 5.02 Å². The molecule has 2 rings (SSSR count). The Balaban J connectivity index is 0.00000162. The summed E-state index contributed by atoms with van der Waals surface area (Å²) < 4.78 is 38.5. The second-order valence-corrected chi connectivity index (χ2v) is 4.95. The largest absolute Gasteiger partial charge is 0.416 e. The number of alkyl halides is 3. The average Bonchev–Trinajstić information content (AvgIpc) is 3.00. The molecule has 0 aliphatic heterocycles. The monoisotopic (exact) mass is 299 g/mol. The van der Waals surface area contributed by atoms with Gasteiger partial charge in [0.05, 0.1) is 5.56 Å². The van der Waals surface area contributed by atoms with Gasteiger partial charge in [0.1, 0.15) is 0 Å². The molecule has 0 bridgehead atoms. The average molecular weight is 300 g/mol. The van der Waals surface area contributed by atoms with Crippen LogP contribution in [-0.2, 0) is 6.18 Å². The number of nitrogens with two attached hydrogens (primary N) is 1. The van der Waals surface area contributed by atoms with Crippen molar-refractivity contribution in [1.82, 2.24) is 0 Å². The molecule has 0 heterocycles. The summed E-state index contributed by atoms with van der Waals surface area (Å²) in [6, 6.07) is 3.23. The minimum Gasteiger partial charge on any atom is -0.324 e. The Morgan fingerprint density at radius 3 is 2.44 bits per heavy atom. The van der Waals surface area contributed by atoms with Gasteiger partial charge in [0, 0.05) is 11.1 Å². The summed E-state index contributed by atoms with van der Waals surface area (Å²) in [5.74, 6) is 0.488. The Morgan fingerprint density at radius 2 is 1.94 bits per heavy atom. The zero-order valence-electron chi connectivity index (χ0n) is 9.51. The fraction of sp³-hybridized carbons (Fsp3) is 0.500. The first kappa shape index (κ1) is 15.6. The fourth-order valence-corrected chi connectivity index (χ4v) is 2.11. The number of hydrogen-bond donors (Lipinski definition) is 1. The molecule has 0 spiro atoms. The van der Waals surface area contributed by atoms with Crippen LogP contribution >= 0.6 is 24.0 Å². The smallest absolute Gasteiger partial charge is 0.324 e. The van der Waals surface area contributed by atoms with Crippen LogP contribution in [0.15, 0.2) is 18.2 Å². The van der Waals surface area contributed by atoms with E-state index in [4.69, 9.17) is 17.3 Å². The van der Waals surface area contributed by atoms with Gasteiger partial charge in [-0.15, -0.1) is 12.4 Å². The van der Waals surface area contributed by atoms with Gasteiger partial charge in [-0.3, -0.25) is 0 Å². The van der Waals surface area contributed by atoms with Crippen LogP contribution in [0.3, 0.4) is 0 Å². The van der Waals surface area contributed by atoms with Crippen LogP contribution in [0, 0.1) is 5.92 Å². The highest BCUT2D eigenvalue weighted by molar-refractivity contribution is 6.30. The van der Waals surface area contributed by atoms with E-state index in [1.807, 2.05) is 0 Å². The molecule has 2 N–H and O–H groups in total. The molecule has 6 heteroatoms. The third kappa shape index (κ3) is 3.77. The SMILES string of the molecule is Cl.N[C@H](CC1CC1)c1ccc(Cl)cc1C(F)(F)F. The Bertz CT molecular complexity index is 416. The molecular weight excluding hydrogens is 286 g/mol. The molecule has 1 aliphatic carbocycles. The van der Waals surface area contributed by atoms with Gasteiger partial charge < -0.3 is 5.73 Å². The summed E-state index contributed by atoms with van der Waals surface area (Å²) in [7, 11) is 0. The predicted octanol–water partition coefficient (Wildman–Crippen LogP) is 4.58. The van der Waals surface area contributed by atoms with Gasteiger partial charge in [-0.25, -0.2) is 0 Å². The summed E-state index contributed by atoms with van der Waals surface area (Å²) in [6.07, 6.45) is -1.64. The van der Waals surface area contributed by atoms with E-state index in [0.29, 0.717) is 12.3 Å². The van der Waals surface area contributed by atoms with Gasteiger partial charge >= 0.3 is 6.18 Å². The molecule has 0 saturated heterocycles. The van der Waals surface area contributed by atoms with Crippen LogP contribution in [0.1, 0.15) is 36.4 Å². The van der Waals surface area contributed by atoms with Crippen molar-refractivity contribution in [2.24, 2.45) is 11.7 Å². The molecule has 18 heavy (non-hydrogen) atoms. The van der Waals surface area contributed by atoms with Crippen molar-refractivity contribution in [3.63, 3.8) is 0 Å². The third-order valence-electron chi connectivity index (χ3n) is 3.00. The summed E-state index contributed by atoms with van der Waals surface area (Å²) in [6.45, 7) is 0. The van der Waals surface area contributed by atoms with Crippen molar-refractivity contribution in [2.75, 3.05) is 0 Å². The molecule has 1 aliphatic rings. The molecular formula is C12H14Cl2F3N. The lowest BCUT2D eigenvalue weighted by Gasteiger charge is -2.18. The summed E-state index contributed by atoms with van der Waals surface area (Å²) >= 11 is 5.60. The lowest BCUT2D eigenvalue weighted by atomic mass is 9.96. The zero-order chi connectivity index (χ0) is 12.6. The fourth-order valence-electron chi connectivity index (χ4n) is 1.94. The van der Waals surface area contributed by atoms with Crippen molar-refractivity contribution in [3.05, 3.63) is 34.3 Å². The van der Waals surface area contributed by atoms with Gasteiger partial charge in [-0.1, -0.05) is 30.5 Å². The third-order valence-corrected chi connectivity index (χ3v) is 3.24. The van der Waals surface area contributed by atoms with Crippen molar-refractivity contribution in [3.8, 4) is 0 Å². The Labute approximate surface area is 115 Å². The second kappa shape index (κ2) is 5.68. The molecule has 0 aromatic heterocycles. The topological polar surface area (TPSA) is 26.0 Å². The maximum absolute atomic E-state index is 12.8. The van der Waals surface area contributed by atoms with Gasteiger partial charge in [0.25, 0.3) is 0 Å². The van der Waals surface area contributed by atoms with E-state index in [0.717, 1.165) is 18.9 Å². The molecule has 1 aromatic carbocycles. The summed E-state index contributed by atoms with van der Waals surface area (Å²) in [5, 5.41) is 0.0831. The van der Waals surface area contributed by atoms with Gasteiger partial charge in [0.15, 0.2) is 0 Å². The van der Waals surface area contributed by atoms with Gasteiger partial charge in [-0.05, 0) is 30.0 Å². The number of halogens is 5. The Kier molecular flexibility index (Phi) is 4.92. The van der Waals surface area contributed by atoms with E-state index in [1.54, 1.807) is 0 Å². The number of rotatable bonds is 3. The van der Waals surface area contributed by atoms with Crippen molar-refractivity contribution < 1.29 is 13.2 Å². The van der Waals surface area contributed by atoms with E-state index in [1.165, 1.54) is 12.1 Å². The molecule has 0 unspecified atom stereocenters. The van der Waals surface area contributed by atoms with Crippen molar-refractivity contribution in [1.29, 1.82) is 0 Å². The van der Waals surface area contributed by atoms with E-state index in [2.05, 4.69) is 0 Å². The van der Waals surface area contributed by atoms with Gasteiger partial charge in [0.2, 0.25) is 0 Å². The number of benzene rings is 1. The molecule has 102 valence electrons. The molecule has 1 atom stereocenters. The van der Waals surface area contributed by atoms with Crippen molar-refractivity contribution in [2.45, 2.75) is 31.5 Å². The lowest BCUT2D eigenvalue weighted by Crippen LogP contribution is -2.18. The maximum atomic E-state index is 12.8. The summed E-state index contributed by atoms with van der Waals surface area (Å²) in [5.41, 5.74) is 5.28. The minimum absolute atomic E-state index is 0. The first-order chi connectivity index (χ1) is 7.88. The molecule has 1 nitrogen and oxygen atoms in total. The molecule has 0 radical (unpaired) electrons.